The molecule has 0 radical (unpaired) electrons. The van der Waals surface area contributed by atoms with Crippen molar-refractivity contribution >= 4 is 5.91 Å². The number of nitrogens with one attached hydrogen (secondary N) is 1. The Kier molecular flexibility index (Phi) is 4.66. The van der Waals surface area contributed by atoms with Crippen LogP contribution in [-0.4, -0.2) is 36.5 Å². The van der Waals surface area contributed by atoms with E-state index in [0.717, 1.165) is 32.5 Å². The highest BCUT2D eigenvalue weighted by Gasteiger charge is 2.39. The minimum Gasteiger partial charge on any atom is -0.339 e. The van der Waals surface area contributed by atoms with Gasteiger partial charge in [-0.05, 0) is 46.1 Å². The van der Waals surface area contributed by atoms with Gasteiger partial charge in [0.1, 0.15) is 0 Å². The van der Waals surface area contributed by atoms with Crippen molar-refractivity contribution in [1.29, 1.82) is 0 Å². The molecule has 1 aliphatic carbocycles. The van der Waals surface area contributed by atoms with Gasteiger partial charge in [-0.3, -0.25) is 4.79 Å². The maximum Gasteiger partial charge on any atom is 0.230 e. The van der Waals surface area contributed by atoms with E-state index in [4.69, 9.17) is 0 Å². The molecule has 1 atom stereocenters. The second-order valence-electron chi connectivity index (χ2n) is 6.22. The molecule has 1 saturated heterocycles. The van der Waals surface area contributed by atoms with Gasteiger partial charge < -0.3 is 10.2 Å². The summed E-state index contributed by atoms with van der Waals surface area (Å²) in [5.74, 6) is 0.393. The smallest absolute Gasteiger partial charge is 0.230 e. The molecule has 1 saturated carbocycles. The molecule has 1 N–H and O–H groups in total. The molecule has 1 aliphatic heterocycles. The molecular formula is C15H28N2O. The van der Waals surface area contributed by atoms with E-state index >= 15 is 0 Å². The van der Waals surface area contributed by atoms with E-state index in [1.165, 1.54) is 32.1 Å². The van der Waals surface area contributed by atoms with Crippen LogP contribution in [0.4, 0.5) is 0 Å². The van der Waals surface area contributed by atoms with Crippen LogP contribution in [0.25, 0.3) is 0 Å². The first-order valence-corrected chi connectivity index (χ1v) is 7.69. The number of piperidine rings is 1. The Hall–Kier alpha value is -0.570. The van der Waals surface area contributed by atoms with E-state index in [2.05, 4.69) is 24.1 Å². The summed E-state index contributed by atoms with van der Waals surface area (Å²) in [4.78, 5) is 15.0. The lowest BCUT2D eigenvalue weighted by atomic mass is 9.80. The van der Waals surface area contributed by atoms with E-state index in [1.54, 1.807) is 0 Å². The third-order valence-electron chi connectivity index (χ3n) is 4.73. The zero-order chi connectivity index (χ0) is 13.0. The van der Waals surface area contributed by atoms with Gasteiger partial charge in [-0.25, -0.2) is 0 Å². The molecule has 2 fully saturated rings. The number of hydrogen-bond acceptors (Lipinski definition) is 2. The standard InChI is InChI=1S/C15H28N2O/c1-3-17(13-8-5-4-6-9-13)14(18)15(2)10-7-11-16-12-15/h13,16H,3-12H2,1-2H3. The van der Waals surface area contributed by atoms with Crippen LogP contribution in [-0.2, 0) is 4.79 Å². The van der Waals surface area contributed by atoms with Gasteiger partial charge in [0.05, 0.1) is 5.41 Å². The van der Waals surface area contributed by atoms with Crippen LogP contribution in [0.1, 0.15) is 58.8 Å². The van der Waals surface area contributed by atoms with Gasteiger partial charge in [-0.1, -0.05) is 19.3 Å². The van der Waals surface area contributed by atoms with Crippen molar-refractivity contribution in [2.24, 2.45) is 5.41 Å². The SMILES string of the molecule is CCN(C(=O)C1(C)CCCNC1)C1CCCCC1. The van der Waals surface area contributed by atoms with Crippen molar-refractivity contribution in [2.75, 3.05) is 19.6 Å². The third-order valence-corrected chi connectivity index (χ3v) is 4.73. The number of rotatable bonds is 3. The molecule has 2 rings (SSSR count). The Morgan fingerprint density at radius 3 is 2.56 bits per heavy atom. The summed E-state index contributed by atoms with van der Waals surface area (Å²) in [5, 5.41) is 3.39. The molecule has 3 nitrogen and oxygen atoms in total. The lowest BCUT2D eigenvalue weighted by Gasteiger charge is -2.41. The highest BCUT2D eigenvalue weighted by molar-refractivity contribution is 5.83. The Balaban J connectivity index is 2.03. The van der Waals surface area contributed by atoms with Crippen LogP contribution in [0.3, 0.4) is 0 Å². The van der Waals surface area contributed by atoms with Gasteiger partial charge >= 0.3 is 0 Å². The molecule has 1 amide bonds. The Morgan fingerprint density at radius 1 is 1.28 bits per heavy atom. The van der Waals surface area contributed by atoms with Crippen LogP contribution in [0.2, 0.25) is 0 Å². The predicted octanol–water partition coefficient (Wildman–Crippen LogP) is 2.56. The first kappa shape index (κ1) is 13.9. The van der Waals surface area contributed by atoms with Gasteiger partial charge in [0.15, 0.2) is 0 Å². The fraction of sp³-hybridized carbons (Fsp3) is 0.933. The van der Waals surface area contributed by atoms with Crippen LogP contribution < -0.4 is 5.32 Å². The highest BCUT2D eigenvalue weighted by Crippen LogP contribution is 2.31. The molecule has 18 heavy (non-hydrogen) atoms. The summed E-state index contributed by atoms with van der Waals surface area (Å²) >= 11 is 0. The molecule has 104 valence electrons. The first-order chi connectivity index (χ1) is 8.67. The third kappa shape index (κ3) is 2.87. The topological polar surface area (TPSA) is 32.3 Å². The largest absolute Gasteiger partial charge is 0.339 e. The molecule has 1 heterocycles. The van der Waals surface area contributed by atoms with Gasteiger partial charge in [0.25, 0.3) is 0 Å². The molecule has 3 heteroatoms. The average molecular weight is 252 g/mol. The molecule has 2 aliphatic rings. The summed E-state index contributed by atoms with van der Waals surface area (Å²) in [5.41, 5.74) is -0.161. The minimum absolute atomic E-state index is 0.161. The van der Waals surface area contributed by atoms with Crippen LogP contribution in [0.5, 0.6) is 0 Å². The second-order valence-corrected chi connectivity index (χ2v) is 6.22. The lowest BCUT2D eigenvalue weighted by molar-refractivity contribution is -0.145. The van der Waals surface area contributed by atoms with E-state index in [1.807, 2.05) is 0 Å². The lowest BCUT2D eigenvalue weighted by Crippen LogP contribution is -2.53. The monoisotopic (exact) mass is 252 g/mol. The van der Waals surface area contributed by atoms with Gasteiger partial charge in [-0.15, -0.1) is 0 Å². The Morgan fingerprint density at radius 2 is 2.00 bits per heavy atom. The summed E-state index contributed by atoms with van der Waals surface area (Å²) in [7, 11) is 0. The molecule has 0 aromatic carbocycles. The van der Waals surface area contributed by atoms with Crippen LogP contribution >= 0.6 is 0 Å². The van der Waals surface area contributed by atoms with Crippen molar-refractivity contribution in [2.45, 2.75) is 64.8 Å². The van der Waals surface area contributed by atoms with E-state index in [0.29, 0.717) is 11.9 Å². The maximum absolute atomic E-state index is 12.8. The molecular weight excluding hydrogens is 224 g/mol. The fourth-order valence-corrected chi connectivity index (χ4v) is 3.55. The van der Waals surface area contributed by atoms with Crippen molar-refractivity contribution in [3.8, 4) is 0 Å². The number of carbonyl (C=O) groups is 1. The van der Waals surface area contributed by atoms with Crippen LogP contribution in [0, 0.1) is 5.41 Å². The average Bonchev–Trinajstić information content (AvgIpc) is 2.41. The zero-order valence-corrected chi connectivity index (χ0v) is 12.0. The van der Waals surface area contributed by atoms with Crippen molar-refractivity contribution in [3.63, 3.8) is 0 Å². The van der Waals surface area contributed by atoms with E-state index in [-0.39, 0.29) is 5.41 Å². The molecule has 0 spiro atoms. The Labute approximate surface area is 111 Å². The van der Waals surface area contributed by atoms with Crippen molar-refractivity contribution < 1.29 is 4.79 Å². The summed E-state index contributed by atoms with van der Waals surface area (Å²) < 4.78 is 0. The molecule has 0 aromatic rings. The summed E-state index contributed by atoms with van der Waals surface area (Å²) in [6.07, 6.45) is 8.53. The maximum atomic E-state index is 12.8. The number of amides is 1. The quantitative estimate of drug-likeness (QED) is 0.837. The number of carbonyl (C=O) groups excluding carboxylic acids is 1. The molecule has 0 bridgehead atoms. The zero-order valence-electron chi connectivity index (χ0n) is 12.0. The van der Waals surface area contributed by atoms with Crippen LogP contribution in [0.15, 0.2) is 0 Å². The molecule has 0 aromatic heterocycles. The number of hydrogen-bond donors (Lipinski definition) is 1. The molecule has 1 unspecified atom stereocenters. The first-order valence-electron chi connectivity index (χ1n) is 7.69. The second kappa shape index (κ2) is 6.05. The predicted molar refractivity (Wildman–Crippen MR) is 74.5 cm³/mol. The highest BCUT2D eigenvalue weighted by atomic mass is 16.2. The van der Waals surface area contributed by atoms with Gasteiger partial charge in [0.2, 0.25) is 5.91 Å². The van der Waals surface area contributed by atoms with Crippen molar-refractivity contribution in [3.05, 3.63) is 0 Å². The van der Waals surface area contributed by atoms with Gasteiger partial charge in [0, 0.05) is 19.1 Å². The van der Waals surface area contributed by atoms with E-state index < -0.39 is 0 Å². The van der Waals surface area contributed by atoms with E-state index in [9.17, 15) is 4.79 Å². The normalized spacial score (nSPS) is 30.1. The Bertz CT molecular complexity index is 278. The fourth-order valence-electron chi connectivity index (χ4n) is 3.55. The summed E-state index contributed by atoms with van der Waals surface area (Å²) in [6, 6.07) is 0.509. The number of nitrogens with zero attached hydrogens (tertiary/aromatic N) is 1. The minimum atomic E-state index is -0.161. The van der Waals surface area contributed by atoms with Crippen molar-refractivity contribution in [1.82, 2.24) is 10.2 Å². The summed E-state index contributed by atoms with van der Waals surface area (Å²) in [6.45, 7) is 7.08. The van der Waals surface area contributed by atoms with Gasteiger partial charge in [-0.2, -0.15) is 0 Å².